The van der Waals surface area contributed by atoms with Crippen LogP contribution in [0.2, 0.25) is 0 Å². The summed E-state index contributed by atoms with van der Waals surface area (Å²) in [7, 11) is 0. The molecular weight excluding hydrogens is 186 g/mol. The lowest BCUT2D eigenvalue weighted by Crippen LogP contribution is -2.51. The number of fused-ring (bicyclic) bond motifs is 1. The zero-order valence-electron chi connectivity index (χ0n) is 7.84. The number of carbonyl (C=O) groups is 1. The van der Waals surface area contributed by atoms with E-state index in [1.807, 2.05) is 0 Å². The van der Waals surface area contributed by atoms with Gasteiger partial charge in [-0.05, 0) is 31.6 Å². The molecule has 2 atom stereocenters. The van der Waals surface area contributed by atoms with E-state index in [-0.39, 0.29) is 0 Å². The van der Waals surface area contributed by atoms with Gasteiger partial charge in [0.2, 0.25) is 5.91 Å². The number of hydrogen-bond acceptors (Lipinski definition) is 1. The van der Waals surface area contributed by atoms with E-state index >= 15 is 0 Å². The van der Waals surface area contributed by atoms with Gasteiger partial charge in [0.25, 0.3) is 0 Å². The molecule has 0 N–H and O–H groups in total. The van der Waals surface area contributed by atoms with Crippen LogP contribution in [0.3, 0.4) is 0 Å². The summed E-state index contributed by atoms with van der Waals surface area (Å²) in [6, 6.07) is 0.465. The summed E-state index contributed by atoms with van der Waals surface area (Å²) in [6.45, 7) is 0.969. The summed E-state index contributed by atoms with van der Waals surface area (Å²) >= 11 is 5.91. The lowest BCUT2D eigenvalue weighted by Gasteiger charge is -2.43. The first-order valence-electron chi connectivity index (χ1n) is 5.18. The molecule has 1 amide bonds. The maximum Gasteiger partial charge on any atom is 0.222 e. The van der Waals surface area contributed by atoms with Crippen molar-refractivity contribution in [1.82, 2.24) is 4.90 Å². The van der Waals surface area contributed by atoms with Gasteiger partial charge in [-0.15, -0.1) is 11.6 Å². The molecule has 0 bridgehead atoms. The van der Waals surface area contributed by atoms with Crippen molar-refractivity contribution < 1.29 is 4.79 Å². The van der Waals surface area contributed by atoms with Crippen molar-refractivity contribution in [3.8, 4) is 0 Å². The Labute approximate surface area is 84.2 Å². The highest BCUT2D eigenvalue weighted by molar-refractivity contribution is 6.18. The zero-order chi connectivity index (χ0) is 9.26. The normalized spacial score (nSPS) is 34.5. The number of hydrogen-bond donors (Lipinski definition) is 0. The highest BCUT2D eigenvalue weighted by Gasteiger charge is 2.36. The molecule has 0 saturated carbocycles. The molecule has 2 saturated heterocycles. The summed E-state index contributed by atoms with van der Waals surface area (Å²) in [5.41, 5.74) is 0. The predicted octanol–water partition coefficient (Wildman–Crippen LogP) is 2.02. The highest BCUT2D eigenvalue weighted by atomic mass is 35.5. The summed E-state index contributed by atoms with van der Waals surface area (Å²) < 4.78 is 0. The largest absolute Gasteiger partial charge is 0.339 e. The number of halogens is 1. The van der Waals surface area contributed by atoms with Gasteiger partial charge in [-0.1, -0.05) is 0 Å². The van der Waals surface area contributed by atoms with Crippen LogP contribution in [0.5, 0.6) is 0 Å². The average molecular weight is 202 g/mol. The first-order valence-corrected chi connectivity index (χ1v) is 5.72. The van der Waals surface area contributed by atoms with Crippen LogP contribution >= 0.6 is 11.6 Å². The second kappa shape index (κ2) is 3.87. The van der Waals surface area contributed by atoms with Crippen LogP contribution < -0.4 is 0 Å². The maximum absolute atomic E-state index is 11.6. The third-order valence-electron chi connectivity index (χ3n) is 3.34. The molecule has 2 fully saturated rings. The van der Waals surface area contributed by atoms with Gasteiger partial charge >= 0.3 is 0 Å². The van der Waals surface area contributed by atoms with Gasteiger partial charge < -0.3 is 4.90 Å². The second-order valence-corrected chi connectivity index (χ2v) is 4.41. The Balaban J connectivity index is 2.09. The van der Waals surface area contributed by atoms with Crippen molar-refractivity contribution in [3.63, 3.8) is 0 Å². The first-order chi connectivity index (χ1) is 6.33. The second-order valence-electron chi connectivity index (χ2n) is 4.10. The lowest BCUT2D eigenvalue weighted by molar-refractivity contribution is -0.140. The number of alkyl halides is 1. The van der Waals surface area contributed by atoms with Gasteiger partial charge in [-0.3, -0.25) is 4.79 Å². The minimum atomic E-state index is 0.353. The third-order valence-corrected chi connectivity index (χ3v) is 3.74. The fourth-order valence-corrected chi connectivity index (χ4v) is 2.94. The monoisotopic (exact) mass is 201 g/mol. The quantitative estimate of drug-likeness (QED) is 0.595. The molecular formula is C10H16ClNO. The number of amides is 1. The van der Waals surface area contributed by atoms with Crippen LogP contribution in [-0.4, -0.2) is 29.3 Å². The molecule has 2 nitrogen and oxygen atoms in total. The highest BCUT2D eigenvalue weighted by Crippen LogP contribution is 2.31. The number of rotatable bonds is 1. The fraction of sp³-hybridized carbons (Fsp3) is 0.900. The van der Waals surface area contributed by atoms with Gasteiger partial charge in [-0.25, -0.2) is 0 Å². The van der Waals surface area contributed by atoms with Gasteiger partial charge in [-0.2, -0.15) is 0 Å². The summed E-state index contributed by atoms with van der Waals surface area (Å²) in [4.78, 5) is 13.6. The number of carbonyl (C=O) groups excluding carboxylic acids is 1. The Hall–Kier alpha value is -0.240. The standard InChI is InChI=1S/C10H16ClNO/c11-7-8-4-5-10(13)12-6-2-1-3-9(8)12/h8-9H,1-7H2/t8-,9-/m0/s1. The molecule has 13 heavy (non-hydrogen) atoms. The minimum Gasteiger partial charge on any atom is -0.339 e. The van der Waals surface area contributed by atoms with Crippen LogP contribution in [0, 0.1) is 5.92 Å². The predicted molar refractivity (Wildman–Crippen MR) is 52.8 cm³/mol. The van der Waals surface area contributed by atoms with E-state index in [0.29, 0.717) is 30.2 Å². The van der Waals surface area contributed by atoms with Gasteiger partial charge in [0, 0.05) is 24.9 Å². The van der Waals surface area contributed by atoms with Gasteiger partial charge in [0.05, 0.1) is 0 Å². The maximum atomic E-state index is 11.6. The van der Waals surface area contributed by atoms with Gasteiger partial charge in [0.15, 0.2) is 0 Å². The molecule has 2 aliphatic rings. The van der Waals surface area contributed by atoms with Crippen molar-refractivity contribution in [2.24, 2.45) is 5.92 Å². The van der Waals surface area contributed by atoms with Crippen LogP contribution in [0.25, 0.3) is 0 Å². The lowest BCUT2D eigenvalue weighted by atomic mass is 9.84. The topological polar surface area (TPSA) is 20.3 Å². The fourth-order valence-electron chi connectivity index (χ4n) is 2.58. The molecule has 74 valence electrons. The molecule has 0 aromatic carbocycles. The summed E-state index contributed by atoms with van der Waals surface area (Å²) in [6.07, 6.45) is 5.33. The van der Waals surface area contributed by atoms with E-state index < -0.39 is 0 Å². The molecule has 0 spiro atoms. The van der Waals surface area contributed by atoms with Crippen molar-refractivity contribution in [3.05, 3.63) is 0 Å². The molecule has 2 aliphatic heterocycles. The molecule has 2 heterocycles. The molecule has 0 aromatic rings. The van der Waals surface area contributed by atoms with Crippen LogP contribution in [0.15, 0.2) is 0 Å². The Kier molecular flexibility index (Phi) is 2.77. The van der Waals surface area contributed by atoms with Crippen molar-refractivity contribution in [2.45, 2.75) is 38.1 Å². The SMILES string of the molecule is O=C1CC[C@@H](CCl)[C@@H]2CCCCN12. The molecule has 3 heteroatoms. The van der Waals surface area contributed by atoms with E-state index in [0.717, 1.165) is 13.0 Å². The summed E-state index contributed by atoms with van der Waals surface area (Å²) in [5, 5.41) is 0. The van der Waals surface area contributed by atoms with Crippen molar-refractivity contribution >= 4 is 17.5 Å². The number of piperidine rings is 2. The molecule has 2 rings (SSSR count). The number of nitrogens with zero attached hydrogens (tertiary/aromatic N) is 1. The van der Waals surface area contributed by atoms with E-state index in [1.54, 1.807) is 0 Å². The minimum absolute atomic E-state index is 0.353. The Morgan fingerprint density at radius 1 is 1.38 bits per heavy atom. The van der Waals surface area contributed by atoms with Crippen LogP contribution in [-0.2, 0) is 4.79 Å². The molecule has 0 aromatic heterocycles. The van der Waals surface area contributed by atoms with Crippen molar-refractivity contribution in [2.75, 3.05) is 12.4 Å². The van der Waals surface area contributed by atoms with Crippen LogP contribution in [0.4, 0.5) is 0 Å². The Morgan fingerprint density at radius 3 is 3.00 bits per heavy atom. The van der Waals surface area contributed by atoms with E-state index in [2.05, 4.69) is 4.90 Å². The van der Waals surface area contributed by atoms with E-state index in [1.165, 1.54) is 19.3 Å². The molecule has 0 radical (unpaired) electrons. The Morgan fingerprint density at radius 2 is 2.23 bits per heavy atom. The molecule has 0 unspecified atom stereocenters. The van der Waals surface area contributed by atoms with Crippen molar-refractivity contribution in [1.29, 1.82) is 0 Å². The summed E-state index contributed by atoms with van der Waals surface area (Å²) in [5.74, 6) is 1.62. The first kappa shape index (κ1) is 9.32. The Bertz CT molecular complexity index is 207. The smallest absolute Gasteiger partial charge is 0.222 e. The van der Waals surface area contributed by atoms with E-state index in [4.69, 9.17) is 11.6 Å². The molecule has 0 aliphatic carbocycles. The van der Waals surface area contributed by atoms with Gasteiger partial charge in [0.1, 0.15) is 0 Å². The van der Waals surface area contributed by atoms with E-state index in [9.17, 15) is 4.79 Å². The third kappa shape index (κ3) is 1.69. The van der Waals surface area contributed by atoms with Crippen LogP contribution in [0.1, 0.15) is 32.1 Å². The average Bonchev–Trinajstić information content (AvgIpc) is 2.19. The zero-order valence-corrected chi connectivity index (χ0v) is 8.59.